The van der Waals surface area contributed by atoms with Gasteiger partial charge in [0.2, 0.25) is 23.6 Å². The molecule has 3 heterocycles. The van der Waals surface area contributed by atoms with Gasteiger partial charge in [-0.05, 0) is 12.8 Å². The first-order chi connectivity index (χ1) is 14.8. The van der Waals surface area contributed by atoms with Crippen molar-refractivity contribution in [1.29, 1.82) is 0 Å². The molecule has 6 amide bonds. The highest BCUT2D eigenvalue weighted by molar-refractivity contribution is 6.03. The summed E-state index contributed by atoms with van der Waals surface area (Å²) in [6, 6.07) is -3.60. The van der Waals surface area contributed by atoms with Crippen molar-refractivity contribution >= 4 is 29.7 Å². The second kappa shape index (κ2) is 9.41. The molecule has 2 aliphatic rings. The van der Waals surface area contributed by atoms with Gasteiger partial charge in [0.05, 0.1) is 12.7 Å². The summed E-state index contributed by atoms with van der Waals surface area (Å²) in [5.41, 5.74) is 6.01. The lowest BCUT2D eigenvalue weighted by Crippen LogP contribution is -2.62. The van der Waals surface area contributed by atoms with E-state index in [1.165, 1.54) is 23.5 Å². The first-order valence-corrected chi connectivity index (χ1v) is 9.91. The molecule has 12 heteroatoms. The van der Waals surface area contributed by atoms with Gasteiger partial charge in [-0.2, -0.15) is 0 Å². The number of imidazole rings is 1. The third-order valence-corrected chi connectivity index (χ3v) is 5.31. The summed E-state index contributed by atoms with van der Waals surface area (Å²) in [6.07, 6.45) is 5.28. The van der Waals surface area contributed by atoms with Gasteiger partial charge in [-0.15, -0.1) is 6.58 Å². The molecule has 0 spiro atoms. The molecule has 31 heavy (non-hydrogen) atoms. The number of nitrogens with one attached hydrogen (secondary N) is 3. The normalized spacial score (nSPS) is 22.1. The van der Waals surface area contributed by atoms with Crippen LogP contribution in [0, 0.1) is 0 Å². The summed E-state index contributed by atoms with van der Waals surface area (Å²) >= 11 is 0. The first kappa shape index (κ1) is 22.0. The van der Waals surface area contributed by atoms with Crippen LogP contribution in [0.15, 0.2) is 25.2 Å². The van der Waals surface area contributed by atoms with Gasteiger partial charge >= 0.3 is 6.03 Å². The summed E-state index contributed by atoms with van der Waals surface area (Å²) < 4.78 is 0. The van der Waals surface area contributed by atoms with Crippen molar-refractivity contribution in [1.82, 2.24) is 30.4 Å². The molecule has 0 radical (unpaired) electrons. The molecule has 2 fully saturated rings. The fourth-order valence-corrected chi connectivity index (χ4v) is 3.76. The number of aromatic nitrogens is 2. The predicted molar refractivity (Wildman–Crippen MR) is 107 cm³/mol. The van der Waals surface area contributed by atoms with Crippen LogP contribution in [0.5, 0.6) is 0 Å². The van der Waals surface area contributed by atoms with Crippen LogP contribution in [0.1, 0.15) is 25.0 Å². The maximum atomic E-state index is 13.2. The molecule has 0 saturated carbocycles. The maximum Gasteiger partial charge on any atom is 0.325 e. The van der Waals surface area contributed by atoms with Gasteiger partial charge in [0.1, 0.15) is 18.1 Å². The fraction of sp³-hybridized carbons (Fsp3) is 0.474. The van der Waals surface area contributed by atoms with Crippen LogP contribution >= 0.6 is 0 Å². The lowest BCUT2D eigenvalue weighted by Gasteiger charge is -2.32. The molecule has 2 aliphatic heterocycles. The van der Waals surface area contributed by atoms with E-state index in [4.69, 9.17) is 5.73 Å². The zero-order chi connectivity index (χ0) is 22.5. The molecule has 1 aromatic rings. The minimum absolute atomic E-state index is 0.0312. The minimum Gasteiger partial charge on any atom is -0.368 e. The van der Waals surface area contributed by atoms with Gasteiger partial charge in [-0.1, -0.05) is 6.08 Å². The summed E-state index contributed by atoms with van der Waals surface area (Å²) in [5.74, 6) is -2.27. The van der Waals surface area contributed by atoms with Crippen molar-refractivity contribution in [2.45, 2.75) is 43.8 Å². The van der Waals surface area contributed by atoms with Crippen LogP contribution in [0.3, 0.4) is 0 Å². The molecule has 0 aromatic carbocycles. The van der Waals surface area contributed by atoms with Crippen LogP contribution < -0.4 is 16.4 Å². The van der Waals surface area contributed by atoms with Crippen molar-refractivity contribution in [3.8, 4) is 0 Å². The van der Waals surface area contributed by atoms with Crippen LogP contribution in [-0.2, 0) is 25.6 Å². The monoisotopic (exact) mass is 431 g/mol. The van der Waals surface area contributed by atoms with Gasteiger partial charge in [0, 0.05) is 31.4 Å². The van der Waals surface area contributed by atoms with Gasteiger partial charge in [-0.25, -0.2) is 9.78 Å². The Bertz CT molecular complexity index is 866. The number of nitrogens with two attached hydrogens (primary N) is 1. The van der Waals surface area contributed by atoms with Gasteiger partial charge < -0.3 is 26.3 Å². The number of H-pyrrole nitrogens is 1. The summed E-state index contributed by atoms with van der Waals surface area (Å²) in [7, 11) is 0. The Morgan fingerprint density at radius 3 is 2.77 bits per heavy atom. The maximum absolute atomic E-state index is 13.2. The molecule has 3 rings (SSSR count). The summed E-state index contributed by atoms with van der Waals surface area (Å²) in [6.45, 7) is 3.87. The van der Waals surface area contributed by atoms with Gasteiger partial charge in [0.25, 0.3) is 0 Å². The van der Waals surface area contributed by atoms with E-state index in [9.17, 15) is 24.0 Å². The Labute approximate surface area is 178 Å². The van der Waals surface area contributed by atoms with E-state index in [0.29, 0.717) is 25.1 Å². The van der Waals surface area contributed by atoms with E-state index in [-0.39, 0.29) is 19.4 Å². The number of urea groups is 1. The van der Waals surface area contributed by atoms with E-state index in [0.717, 1.165) is 4.90 Å². The van der Waals surface area contributed by atoms with Crippen molar-refractivity contribution in [2.24, 2.45) is 5.73 Å². The number of nitrogens with zero attached hydrogens (tertiary/aromatic N) is 3. The Hall–Kier alpha value is -3.70. The molecule has 166 valence electrons. The molecule has 2 saturated heterocycles. The second-order valence-electron chi connectivity index (χ2n) is 7.43. The average molecular weight is 431 g/mol. The Morgan fingerprint density at radius 2 is 2.16 bits per heavy atom. The molecular weight excluding hydrogens is 406 g/mol. The van der Waals surface area contributed by atoms with E-state index >= 15 is 0 Å². The number of primary amides is 1. The smallest absolute Gasteiger partial charge is 0.325 e. The largest absolute Gasteiger partial charge is 0.368 e. The highest BCUT2D eigenvalue weighted by Crippen LogP contribution is 2.19. The number of aromatic amines is 1. The van der Waals surface area contributed by atoms with E-state index in [2.05, 4.69) is 27.2 Å². The second-order valence-corrected chi connectivity index (χ2v) is 7.43. The zero-order valence-corrected chi connectivity index (χ0v) is 16.9. The Kier molecular flexibility index (Phi) is 6.68. The molecule has 5 N–H and O–H groups in total. The van der Waals surface area contributed by atoms with E-state index < -0.39 is 47.8 Å². The Morgan fingerprint density at radius 1 is 1.39 bits per heavy atom. The standard InChI is InChI=1S/C19H25N7O5/c1-2-5-26-15(27)8-12(24-19(26)31)17(29)23-13(7-11-9-21-10-22-11)18(30)25-6-3-4-14(25)16(20)28/h2,9-10,12-14H,1,3-8H2,(H2,20,28)(H,21,22)(H,23,29)(H,24,31)/t12-,13-,14-/m0/s1. The average Bonchev–Trinajstić information content (AvgIpc) is 3.41. The number of rotatable bonds is 8. The third-order valence-electron chi connectivity index (χ3n) is 5.31. The number of imide groups is 1. The van der Waals surface area contributed by atoms with Crippen molar-refractivity contribution in [2.75, 3.05) is 13.1 Å². The molecule has 1 aromatic heterocycles. The quantitative estimate of drug-likeness (QED) is 0.362. The zero-order valence-electron chi connectivity index (χ0n) is 16.9. The molecule has 3 atom stereocenters. The highest BCUT2D eigenvalue weighted by Gasteiger charge is 2.39. The van der Waals surface area contributed by atoms with Gasteiger partial charge in [0.15, 0.2) is 0 Å². The lowest BCUT2D eigenvalue weighted by atomic mass is 10.1. The number of likely N-dealkylation sites (tertiary alicyclic amines) is 1. The summed E-state index contributed by atoms with van der Waals surface area (Å²) in [5, 5.41) is 5.08. The fourth-order valence-electron chi connectivity index (χ4n) is 3.76. The number of carbonyl (C=O) groups excluding carboxylic acids is 5. The third kappa shape index (κ3) is 4.90. The topological polar surface area (TPSA) is 171 Å². The minimum atomic E-state index is -1.12. The molecule has 0 unspecified atom stereocenters. The van der Waals surface area contributed by atoms with Crippen molar-refractivity contribution in [3.05, 3.63) is 30.9 Å². The molecule has 0 bridgehead atoms. The number of amides is 6. The van der Waals surface area contributed by atoms with Crippen LogP contribution in [0.4, 0.5) is 4.79 Å². The van der Waals surface area contributed by atoms with E-state index in [1.54, 1.807) is 0 Å². The number of carbonyl (C=O) groups is 5. The predicted octanol–water partition coefficient (Wildman–Crippen LogP) is -1.59. The van der Waals surface area contributed by atoms with Crippen LogP contribution in [0.25, 0.3) is 0 Å². The number of hydrogen-bond acceptors (Lipinski definition) is 6. The molecule has 0 aliphatic carbocycles. The van der Waals surface area contributed by atoms with E-state index in [1.807, 2.05) is 0 Å². The number of hydrogen-bond donors (Lipinski definition) is 4. The highest BCUT2D eigenvalue weighted by atomic mass is 16.2. The summed E-state index contributed by atoms with van der Waals surface area (Å²) in [4.78, 5) is 71.1. The SMILES string of the molecule is C=CCN1C(=O)C[C@@H](C(=O)N[C@@H](Cc2cnc[nH]2)C(=O)N2CCC[C@H]2C(N)=O)NC1=O. The van der Waals surface area contributed by atoms with Crippen LogP contribution in [0.2, 0.25) is 0 Å². The lowest BCUT2D eigenvalue weighted by molar-refractivity contribution is -0.141. The van der Waals surface area contributed by atoms with Crippen molar-refractivity contribution in [3.63, 3.8) is 0 Å². The molecule has 12 nitrogen and oxygen atoms in total. The van der Waals surface area contributed by atoms with Gasteiger partial charge in [-0.3, -0.25) is 24.1 Å². The molecular formula is C19H25N7O5. The first-order valence-electron chi connectivity index (χ1n) is 9.91. The van der Waals surface area contributed by atoms with Crippen molar-refractivity contribution < 1.29 is 24.0 Å². The van der Waals surface area contributed by atoms with Crippen LogP contribution in [-0.4, -0.2) is 80.6 Å². The Balaban J connectivity index is 1.74.